The van der Waals surface area contributed by atoms with Crippen LogP contribution in [0, 0.1) is 3.57 Å². The first-order valence-corrected chi connectivity index (χ1v) is 7.04. The first-order chi connectivity index (χ1) is 8.95. The van der Waals surface area contributed by atoms with Gasteiger partial charge in [0.1, 0.15) is 5.75 Å². The molecule has 0 spiro atoms. The van der Waals surface area contributed by atoms with Crippen molar-refractivity contribution in [1.82, 2.24) is 10.2 Å². The number of benzene rings is 1. The molecule has 2 amide bonds. The number of hydrogen-bond acceptors (Lipinski definition) is 3. The zero-order valence-corrected chi connectivity index (χ0v) is 13.1. The van der Waals surface area contributed by atoms with Crippen molar-refractivity contribution < 1.29 is 14.7 Å². The molecule has 0 radical (unpaired) electrons. The van der Waals surface area contributed by atoms with Gasteiger partial charge in [0.05, 0.1) is 10.1 Å². The molecule has 2 N–H and O–H groups in total. The number of carbonyl (C=O) groups excluding carboxylic acids is 2. The fraction of sp³-hybridized carbons (Fsp3) is 0.385. The zero-order valence-electron chi connectivity index (χ0n) is 10.9. The van der Waals surface area contributed by atoms with E-state index in [2.05, 4.69) is 5.32 Å². The van der Waals surface area contributed by atoms with E-state index in [1.54, 1.807) is 19.2 Å². The number of phenolic OH excluding ortho intramolecular Hbond substituents is 1. The van der Waals surface area contributed by atoms with E-state index in [4.69, 9.17) is 0 Å². The first kappa shape index (κ1) is 15.7. The van der Waals surface area contributed by atoms with Crippen molar-refractivity contribution >= 4 is 34.4 Å². The number of nitrogens with one attached hydrogen (secondary N) is 1. The summed E-state index contributed by atoms with van der Waals surface area (Å²) in [5.74, 6) is -0.416. The summed E-state index contributed by atoms with van der Waals surface area (Å²) >= 11 is 1.98. The van der Waals surface area contributed by atoms with Crippen LogP contribution in [0.25, 0.3) is 0 Å². The molecule has 19 heavy (non-hydrogen) atoms. The summed E-state index contributed by atoms with van der Waals surface area (Å²) in [5.41, 5.74) is 0.365. The van der Waals surface area contributed by atoms with Crippen molar-refractivity contribution in [3.63, 3.8) is 0 Å². The predicted octanol–water partition coefficient (Wildman–Crippen LogP) is 1.59. The molecular weight excluding hydrogens is 359 g/mol. The Hall–Kier alpha value is -1.31. The van der Waals surface area contributed by atoms with Crippen molar-refractivity contribution in [2.24, 2.45) is 0 Å². The summed E-state index contributed by atoms with van der Waals surface area (Å²) in [5, 5.41) is 12.3. The SMILES string of the molecule is CCCNC(=O)CN(C)C(=O)c1ccc(I)c(O)c1. The van der Waals surface area contributed by atoms with Crippen LogP contribution in [-0.2, 0) is 4.79 Å². The second-order valence-corrected chi connectivity index (χ2v) is 5.34. The summed E-state index contributed by atoms with van der Waals surface area (Å²) in [4.78, 5) is 24.9. The maximum Gasteiger partial charge on any atom is 0.254 e. The summed E-state index contributed by atoms with van der Waals surface area (Å²) in [6, 6.07) is 4.70. The molecule has 104 valence electrons. The third kappa shape index (κ3) is 4.70. The van der Waals surface area contributed by atoms with Gasteiger partial charge in [-0.1, -0.05) is 6.92 Å². The lowest BCUT2D eigenvalue weighted by Gasteiger charge is -2.17. The Labute approximate surface area is 126 Å². The maximum atomic E-state index is 12.0. The minimum atomic E-state index is -0.293. The number of hydrogen-bond donors (Lipinski definition) is 2. The van der Waals surface area contributed by atoms with Gasteiger partial charge in [0, 0.05) is 19.2 Å². The smallest absolute Gasteiger partial charge is 0.254 e. The van der Waals surface area contributed by atoms with Gasteiger partial charge in [0.2, 0.25) is 5.91 Å². The van der Waals surface area contributed by atoms with Crippen LogP contribution in [0.15, 0.2) is 18.2 Å². The lowest BCUT2D eigenvalue weighted by atomic mass is 10.2. The fourth-order valence-corrected chi connectivity index (χ4v) is 1.81. The molecule has 0 saturated carbocycles. The summed E-state index contributed by atoms with van der Waals surface area (Å²) in [7, 11) is 1.56. The van der Waals surface area contributed by atoms with E-state index in [1.165, 1.54) is 11.0 Å². The first-order valence-electron chi connectivity index (χ1n) is 5.96. The second kappa shape index (κ2) is 7.32. The minimum Gasteiger partial charge on any atom is -0.507 e. The van der Waals surface area contributed by atoms with E-state index in [1.807, 2.05) is 29.5 Å². The largest absolute Gasteiger partial charge is 0.507 e. The zero-order chi connectivity index (χ0) is 14.4. The van der Waals surface area contributed by atoms with Gasteiger partial charge in [-0.15, -0.1) is 0 Å². The lowest BCUT2D eigenvalue weighted by Crippen LogP contribution is -2.38. The van der Waals surface area contributed by atoms with Crippen LogP contribution in [0.5, 0.6) is 5.75 Å². The third-order valence-electron chi connectivity index (χ3n) is 2.49. The number of amides is 2. The molecule has 0 aliphatic heterocycles. The molecule has 1 aromatic carbocycles. The van der Waals surface area contributed by atoms with Crippen LogP contribution in [0.1, 0.15) is 23.7 Å². The topological polar surface area (TPSA) is 69.6 Å². The average Bonchev–Trinajstić information content (AvgIpc) is 2.38. The van der Waals surface area contributed by atoms with Crippen molar-refractivity contribution in [3.8, 4) is 5.75 Å². The van der Waals surface area contributed by atoms with E-state index in [-0.39, 0.29) is 24.1 Å². The van der Waals surface area contributed by atoms with E-state index in [0.717, 1.165) is 6.42 Å². The minimum absolute atomic E-state index is 0.00554. The molecule has 1 rings (SSSR count). The lowest BCUT2D eigenvalue weighted by molar-refractivity contribution is -0.121. The van der Waals surface area contributed by atoms with Crippen molar-refractivity contribution in [2.75, 3.05) is 20.1 Å². The number of phenols is 1. The van der Waals surface area contributed by atoms with Gasteiger partial charge in [-0.3, -0.25) is 9.59 Å². The van der Waals surface area contributed by atoms with E-state index < -0.39 is 0 Å². The third-order valence-corrected chi connectivity index (χ3v) is 3.40. The average molecular weight is 376 g/mol. The number of nitrogens with zero attached hydrogens (tertiary/aromatic N) is 1. The highest BCUT2D eigenvalue weighted by Crippen LogP contribution is 2.21. The van der Waals surface area contributed by atoms with Gasteiger partial charge in [0.25, 0.3) is 5.91 Å². The Morgan fingerprint density at radius 3 is 2.68 bits per heavy atom. The standard InChI is InChI=1S/C13H17IN2O3/c1-3-6-15-12(18)8-16(2)13(19)9-4-5-10(14)11(17)7-9/h4-5,7,17H,3,6,8H2,1-2H3,(H,15,18). The van der Waals surface area contributed by atoms with Crippen molar-refractivity contribution in [2.45, 2.75) is 13.3 Å². The molecule has 0 atom stereocenters. The Morgan fingerprint density at radius 2 is 2.11 bits per heavy atom. The second-order valence-electron chi connectivity index (χ2n) is 4.18. The summed E-state index contributed by atoms with van der Waals surface area (Å²) < 4.78 is 0.678. The fourth-order valence-electron chi connectivity index (χ4n) is 1.47. The summed E-state index contributed by atoms with van der Waals surface area (Å²) in [6.07, 6.45) is 0.856. The highest BCUT2D eigenvalue weighted by molar-refractivity contribution is 14.1. The monoisotopic (exact) mass is 376 g/mol. The number of halogens is 1. The van der Waals surface area contributed by atoms with Gasteiger partial charge in [0.15, 0.2) is 0 Å². The Kier molecular flexibility index (Phi) is 6.07. The molecular formula is C13H17IN2O3. The quantitative estimate of drug-likeness (QED) is 0.767. The maximum absolute atomic E-state index is 12.0. The Bertz CT molecular complexity index is 477. The Balaban J connectivity index is 2.66. The number of carbonyl (C=O) groups is 2. The molecule has 0 aliphatic rings. The molecule has 0 unspecified atom stereocenters. The number of rotatable bonds is 5. The van der Waals surface area contributed by atoms with Gasteiger partial charge < -0.3 is 15.3 Å². The van der Waals surface area contributed by atoms with Crippen molar-refractivity contribution in [1.29, 1.82) is 0 Å². The van der Waals surface area contributed by atoms with E-state index >= 15 is 0 Å². The molecule has 0 saturated heterocycles. The molecule has 0 bridgehead atoms. The van der Waals surface area contributed by atoms with Crippen LogP contribution in [0.2, 0.25) is 0 Å². The van der Waals surface area contributed by atoms with E-state index in [9.17, 15) is 14.7 Å². The normalized spacial score (nSPS) is 10.1. The molecule has 0 aromatic heterocycles. The van der Waals surface area contributed by atoms with Gasteiger partial charge in [-0.25, -0.2) is 0 Å². The molecule has 0 heterocycles. The molecule has 0 fully saturated rings. The van der Waals surface area contributed by atoms with Crippen LogP contribution in [-0.4, -0.2) is 42.0 Å². The Morgan fingerprint density at radius 1 is 1.42 bits per heavy atom. The molecule has 1 aromatic rings. The highest BCUT2D eigenvalue weighted by atomic mass is 127. The predicted molar refractivity (Wildman–Crippen MR) is 81.1 cm³/mol. The van der Waals surface area contributed by atoms with Gasteiger partial charge in [-0.2, -0.15) is 0 Å². The molecule has 5 nitrogen and oxygen atoms in total. The molecule has 0 aliphatic carbocycles. The van der Waals surface area contributed by atoms with Crippen LogP contribution >= 0.6 is 22.6 Å². The summed E-state index contributed by atoms with van der Waals surface area (Å²) in [6.45, 7) is 2.57. The van der Waals surface area contributed by atoms with E-state index in [0.29, 0.717) is 15.7 Å². The molecule has 6 heteroatoms. The van der Waals surface area contributed by atoms with Gasteiger partial charge >= 0.3 is 0 Å². The van der Waals surface area contributed by atoms with Crippen LogP contribution in [0.4, 0.5) is 0 Å². The highest BCUT2D eigenvalue weighted by Gasteiger charge is 2.15. The van der Waals surface area contributed by atoms with Crippen molar-refractivity contribution in [3.05, 3.63) is 27.3 Å². The van der Waals surface area contributed by atoms with Crippen LogP contribution < -0.4 is 5.32 Å². The van der Waals surface area contributed by atoms with Gasteiger partial charge in [-0.05, 0) is 47.2 Å². The van der Waals surface area contributed by atoms with Crippen LogP contribution in [0.3, 0.4) is 0 Å². The number of likely N-dealkylation sites (N-methyl/N-ethyl adjacent to an activating group) is 1. The number of aromatic hydroxyl groups is 1.